The number of fused-ring (bicyclic) bond motifs is 1. The van der Waals surface area contributed by atoms with Crippen LogP contribution in [-0.2, 0) is 14.4 Å². The number of imide groups is 1. The third-order valence-electron chi connectivity index (χ3n) is 5.55. The minimum atomic E-state index is -1.35. The van der Waals surface area contributed by atoms with Crippen LogP contribution in [0.1, 0.15) is 19.8 Å². The highest BCUT2D eigenvalue weighted by atomic mass is 16.3. The normalized spacial score (nSPS) is 35.5. The van der Waals surface area contributed by atoms with Gasteiger partial charge in [0.25, 0.3) is 0 Å². The Morgan fingerprint density at radius 3 is 2.61 bits per heavy atom. The van der Waals surface area contributed by atoms with E-state index in [0.29, 0.717) is 0 Å². The molecule has 0 aromatic rings. The summed E-state index contributed by atoms with van der Waals surface area (Å²) < 4.78 is 0. The zero-order chi connectivity index (χ0) is 20.6. The molecule has 12 heteroatoms. The summed E-state index contributed by atoms with van der Waals surface area (Å²) in [5.74, 6) is -0.753. The Hall–Kier alpha value is -2.73. The average Bonchev–Trinajstić information content (AvgIpc) is 3.08. The lowest BCUT2D eigenvalue weighted by molar-refractivity contribution is -0.139. The van der Waals surface area contributed by atoms with Gasteiger partial charge in [0.15, 0.2) is 11.6 Å². The number of nitrogens with one attached hydrogen (secondary N) is 2. The van der Waals surface area contributed by atoms with E-state index in [1.165, 1.54) is 6.92 Å². The monoisotopic (exact) mass is 394 g/mol. The number of aliphatic hydroxyl groups excluding tert-OH is 1. The largest absolute Gasteiger partial charge is 0.390 e. The number of nitrogens with two attached hydrogens (primary N) is 2. The third kappa shape index (κ3) is 2.98. The maximum atomic E-state index is 12.1. The smallest absolute Gasteiger partial charge is 0.229 e. The molecular weight excluding hydrogens is 368 g/mol. The third-order valence-corrected chi connectivity index (χ3v) is 5.55. The van der Waals surface area contributed by atoms with Gasteiger partial charge in [-0.1, -0.05) is 0 Å². The van der Waals surface area contributed by atoms with Crippen LogP contribution in [-0.4, -0.2) is 95.0 Å². The van der Waals surface area contributed by atoms with Gasteiger partial charge in [-0.15, -0.1) is 0 Å². The van der Waals surface area contributed by atoms with Crippen molar-refractivity contribution in [3.05, 3.63) is 0 Å². The molecule has 0 aromatic heterocycles. The summed E-state index contributed by atoms with van der Waals surface area (Å²) in [4.78, 5) is 47.2. The van der Waals surface area contributed by atoms with Crippen molar-refractivity contribution in [2.24, 2.45) is 21.5 Å². The summed E-state index contributed by atoms with van der Waals surface area (Å²) in [6.07, 6.45) is 0.245. The molecule has 5 atom stereocenters. The van der Waals surface area contributed by atoms with Gasteiger partial charge in [0.2, 0.25) is 17.7 Å². The molecule has 3 aliphatic rings. The molecule has 0 bridgehead atoms. The van der Waals surface area contributed by atoms with E-state index in [1.54, 1.807) is 11.9 Å². The Morgan fingerprint density at radius 2 is 2.07 bits per heavy atom. The fraction of sp³-hybridized carbons (Fsp3) is 0.688. The van der Waals surface area contributed by atoms with Crippen LogP contribution in [0.15, 0.2) is 9.98 Å². The minimum Gasteiger partial charge on any atom is -0.390 e. The topological polar surface area (TPSA) is 179 Å². The fourth-order valence-corrected chi connectivity index (χ4v) is 4.42. The van der Waals surface area contributed by atoms with Gasteiger partial charge >= 0.3 is 0 Å². The second kappa shape index (κ2) is 7.36. The Balaban J connectivity index is 2.00. The van der Waals surface area contributed by atoms with Crippen molar-refractivity contribution in [1.29, 1.82) is 0 Å². The highest BCUT2D eigenvalue weighted by Crippen LogP contribution is 2.39. The Bertz CT molecular complexity index is 724. The van der Waals surface area contributed by atoms with E-state index in [2.05, 4.69) is 20.6 Å². The number of amides is 3. The molecule has 154 valence electrons. The van der Waals surface area contributed by atoms with Crippen molar-refractivity contribution in [2.45, 2.75) is 49.7 Å². The number of hydrogen-bond acceptors (Lipinski definition) is 9. The van der Waals surface area contributed by atoms with Crippen LogP contribution in [0, 0.1) is 0 Å². The van der Waals surface area contributed by atoms with Gasteiger partial charge in [0.05, 0.1) is 31.0 Å². The van der Waals surface area contributed by atoms with Crippen LogP contribution in [0.25, 0.3) is 0 Å². The first kappa shape index (κ1) is 20.0. The quantitative estimate of drug-likeness (QED) is 0.179. The van der Waals surface area contributed by atoms with Crippen molar-refractivity contribution in [2.75, 3.05) is 20.1 Å². The van der Waals surface area contributed by atoms with Crippen molar-refractivity contribution in [3.8, 4) is 0 Å². The number of nitrogens with zero attached hydrogens (tertiary/aromatic N) is 4. The van der Waals surface area contributed by atoms with Crippen LogP contribution in [0.4, 0.5) is 0 Å². The average molecular weight is 394 g/mol. The molecule has 3 amide bonds. The molecule has 2 unspecified atom stereocenters. The van der Waals surface area contributed by atoms with Gasteiger partial charge in [0.1, 0.15) is 6.10 Å². The van der Waals surface area contributed by atoms with Gasteiger partial charge in [0, 0.05) is 26.3 Å². The number of likely N-dealkylation sites (N-methyl/N-ethyl adjacent to an activating group) is 1. The summed E-state index contributed by atoms with van der Waals surface area (Å²) >= 11 is 0. The summed E-state index contributed by atoms with van der Waals surface area (Å²) in [6, 6.07) is -1.93. The first-order valence-corrected chi connectivity index (χ1v) is 9.08. The molecule has 3 rings (SSSR count). The molecule has 0 saturated carbocycles. The number of likely N-dealkylation sites (tertiary alicyclic amines) is 1. The molecule has 0 radical (unpaired) electrons. The molecule has 3 heterocycles. The molecule has 2 fully saturated rings. The highest BCUT2D eigenvalue weighted by Gasteiger charge is 2.62. The fourth-order valence-electron chi connectivity index (χ4n) is 4.42. The number of rotatable bonds is 5. The Labute approximate surface area is 162 Å². The number of aliphatic imine (C=N–C) groups is 2. The molecule has 0 spiro atoms. The lowest BCUT2D eigenvalue weighted by atomic mass is 9.86. The standard InChI is InChI=1S/C16H26N8O4/c1-8(25)21-10-6-24-15(18)22-9(5-23-11(26)3-4-12(23)27)13(19-2)16(24,14(10)28)20-7-17/h7,9-10,13-14,19,28H,3-6H2,1-2H3,(H2,17,20)(H2,18,22)(H,21,25)/t9-,10-,13?,14+,16?/m0/s1. The van der Waals surface area contributed by atoms with Crippen molar-refractivity contribution < 1.29 is 19.5 Å². The minimum absolute atomic E-state index is 0.0110. The van der Waals surface area contributed by atoms with E-state index < -0.39 is 29.9 Å². The molecule has 0 aliphatic carbocycles. The van der Waals surface area contributed by atoms with Gasteiger partial charge in [-0.25, -0.2) is 9.98 Å². The Morgan fingerprint density at radius 1 is 1.43 bits per heavy atom. The maximum Gasteiger partial charge on any atom is 0.229 e. The van der Waals surface area contributed by atoms with E-state index >= 15 is 0 Å². The number of carbonyl (C=O) groups is 3. The number of hydrogen-bond donors (Lipinski definition) is 5. The van der Waals surface area contributed by atoms with E-state index in [0.717, 1.165) is 11.2 Å². The summed E-state index contributed by atoms with van der Waals surface area (Å²) in [7, 11) is 1.66. The van der Waals surface area contributed by atoms with E-state index in [4.69, 9.17) is 11.5 Å². The molecule has 3 aliphatic heterocycles. The zero-order valence-corrected chi connectivity index (χ0v) is 15.8. The van der Waals surface area contributed by atoms with Crippen molar-refractivity contribution >= 4 is 30.0 Å². The molecule has 7 N–H and O–H groups in total. The SMILES string of the molecule is CNC1[C@H](CN2C(=O)CCC2=O)N=C(N)N2C[C@H](NC(C)=O)[C@@H](O)C12N=CN. The van der Waals surface area contributed by atoms with Gasteiger partial charge < -0.3 is 32.1 Å². The van der Waals surface area contributed by atoms with Crippen LogP contribution in [0.2, 0.25) is 0 Å². The first-order valence-electron chi connectivity index (χ1n) is 9.08. The summed E-state index contributed by atoms with van der Waals surface area (Å²) in [5, 5.41) is 16.9. The molecule has 12 nitrogen and oxygen atoms in total. The second-order valence-electron chi connectivity index (χ2n) is 7.14. The van der Waals surface area contributed by atoms with Gasteiger partial charge in [-0.3, -0.25) is 19.3 Å². The lowest BCUT2D eigenvalue weighted by Crippen LogP contribution is -2.72. The van der Waals surface area contributed by atoms with Crippen molar-refractivity contribution in [3.63, 3.8) is 0 Å². The summed E-state index contributed by atoms with van der Waals surface area (Å²) in [5.41, 5.74) is 10.4. The van der Waals surface area contributed by atoms with Crippen LogP contribution < -0.4 is 22.1 Å². The van der Waals surface area contributed by atoms with Crippen LogP contribution in [0.5, 0.6) is 0 Å². The predicted octanol–water partition coefficient (Wildman–Crippen LogP) is -3.72. The summed E-state index contributed by atoms with van der Waals surface area (Å²) in [6.45, 7) is 1.54. The maximum absolute atomic E-state index is 12.1. The van der Waals surface area contributed by atoms with Gasteiger partial charge in [-0.2, -0.15) is 0 Å². The van der Waals surface area contributed by atoms with Gasteiger partial charge in [-0.05, 0) is 7.05 Å². The lowest BCUT2D eigenvalue weighted by Gasteiger charge is -2.48. The number of carbonyl (C=O) groups excluding carboxylic acids is 3. The predicted molar refractivity (Wildman–Crippen MR) is 99.9 cm³/mol. The zero-order valence-electron chi connectivity index (χ0n) is 15.8. The van der Waals surface area contributed by atoms with E-state index in [9.17, 15) is 19.5 Å². The van der Waals surface area contributed by atoms with Crippen molar-refractivity contribution in [1.82, 2.24) is 20.4 Å². The van der Waals surface area contributed by atoms with E-state index in [-0.39, 0.29) is 49.6 Å². The Kier molecular flexibility index (Phi) is 5.26. The first-order chi connectivity index (χ1) is 13.3. The highest BCUT2D eigenvalue weighted by molar-refractivity contribution is 6.02. The van der Waals surface area contributed by atoms with Crippen LogP contribution in [0.3, 0.4) is 0 Å². The molecule has 0 aromatic carbocycles. The molecule has 28 heavy (non-hydrogen) atoms. The number of guanidine groups is 1. The molecule has 2 saturated heterocycles. The van der Waals surface area contributed by atoms with Crippen LogP contribution >= 0.6 is 0 Å². The van der Waals surface area contributed by atoms with E-state index in [1.807, 2.05) is 0 Å². The second-order valence-corrected chi connectivity index (χ2v) is 7.14. The molecular formula is C16H26N8O4. The number of aliphatic hydroxyl groups is 1.